The molecule has 0 aliphatic carbocycles. The molecule has 10 nitrogen and oxygen atoms in total. The topological polar surface area (TPSA) is 128 Å². The fraction of sp³-hybridized carbons (Fsp3) is 0.160. The number of aromatic nitrogens is 4. The summed E-state index contributed by atoms with van der Waals surface area (Å²) in [6.45, 7) is 3.48. The van der Waals surface area contributed by atoms with Crippen LogP contribution in [0.5, 0.6) is 11.5 Å². The van der Waals surface area contributed by atoms with Crippen molar-refractivity contribution in [2.45, 2.75) is 26.4 Å². The molecule has 0 aliphatic heterocycles. The summed E-state index contributed by atoms with van der Waals surface area (Å²) < 4.78 is 21.4. The Bertz CT molecular complexity index is 1510. The third kappa shape index (κ3) is 5.46. The largest absolute Gasteiger partial charge is 0.477 e. The van der Waals surface area contributed by atoms with E-state index in [1.807, 2.05) is 0 Å². The number of anilines is 2. The Morgan fingerprint density at radius 1 is 1.06 bits per heavy atom. The number of carboxylic acid groups (broad SMARTS) is 1. The number of carboxylic acids is 1. The summed E-state index contributed by atoms with van der Waals surface area (Å²) in [5, 5.41) is 12.1. The van der Waals surface area contributed by atoms with Crippen molar-refractivity contribution in [1.82, 2.24) is 19.1 Å². The first kappa shape index (κ1) is 24.3. The Hall–Kier alpha value is -4.80. The molecule has 0 atom stereocenters. The van der Waals surface area contributed by atoms with Crippen molar-refractivity contribution >= 4 is 17.6 Å². The zero-order valence-corrected chi connectivity index (χ0v) is 19.4. The molecule has 0 aliphatic rings. The van der Waals surface area contributed by atoms with E-state index >= 15 is 0 Å². The average molecular weight is 491 g/mol. The van der Waals surface area contributed by atoms with Gasteiger partial charge in [-0.05, 0) is 61.9 Å². The van der Waals surface area contributed by atoms with Crippen molar-refractivity contribution in [3.8, 4) is 11.5 Å². The van der Waals surface area contributed by atoms with Gasteiger partial charge in [-0.15, -0.1) is 0 Å². The fourth-order valence-electron chi connectivity index (χ4n) is 3.42. The maximum atomic E-state index is 13.3. The second-order valence-corrected chi connectivity index (χ2v) is 8.11. The number of benzene rings is 2. The molecule has 184 valence electrons. The molecule has 0 amide bonds. The molecular formula is C25H22FN5O5. The predicted octanol–water partition coefficient (Wildman–Crippen LogP) is 3.80. The normalized spacial score (nSPS) is 10.9. The minimum absolute atomic E-state index is 0.0279. The Balaban J connectivity index is 1.62. The standard InChI is InChI=1S/C25H22FN5O5/c1-15(2)31-24(34)29-23(30(25(31)35)14-16-3-5-17(26)6-4-16)28-18-7-9-19(10-8-18)36-20-11-12-27-21(13-20)22(32)33/h3-13,15H,14H2,1-2H3,(H,32,33)(H,28,29,34). The summed E-state index contributed by atoms with van der Waals surface area (Å²) in [5.41, 5.74) is -0.223. The molecule has 11 heteroatoms. The fourth-order valence-corrected chi connectivity index (χ4v) is 3.42. The molecule has 0 saturated carbocycles. The van der Waals surface area contributed by atoms with Crippen molar-refractivity contribution in [1.29, 1.82) is 0 Å². The second kappa shape index (κ2) is 10.2. The number of carbonyl (C=O) groups is 1. The van der Waals surface area contributed by atoms with E-state index in [-0.39, 0.29) is 18.2 Å². The number of rotatable bonds is 8. The van der Waals surface area contributed by atoms with Gasteiger partial charge in [-0.25, -0.2) is 28.3 Å². The third-order valence-corrected chi connectivity index (χ3v) is 5.17. The van der Waals surface area contributed by atoms with Crippen LogP contribution in [0, 0.1) is 5.82 Å². The summed E-state index contributed by atoms with van der Waals surface area (Å²) in [6.07, 6.45) is 1.33. The summed E-state index contributed by atoms with van der Waals surface area (Å²) in [7, 11) is 0. The van der Waals surface area contributed by atoms with Gasteiger partial charge in [0.15, 0.2) is 5.69 Å². The highest BCUT2D eigenvalue weighted by atomic mass is 19.1. The van der Waals surface area contributed by atoms with E-state index in [0.29, 0.717) is 22.7 Å². The first-order chi connectivity index (χ1) is 17.2. The summed E-state index contributed by atoms with van der Waals surface area (Å²) in [4.78, 5) is 44.6. The molecule has 2 aromatic heterocycles. The second-order valence-electron chi connectivity index (χ2n) is 8.11. The van der Waals surface area contributed by atoms with Gasteiger partial charge in [0, 0.05) is 24.0 Å². The van der Waals surface area contributed by atoms with Gasteiger partial charge < -0.3 is 15.2 Å². The van der Waals surface area contributed by atoms with Crippen LogP contribution in [0.3, 0.4) is 0 Å². The van der Waals surface area contributed by atoms with Gasteiger partial charge in [0.25, 0.3) is 0 Å². The zero-order chi connectivity index (χ0) is 25.8. The number of nitrogens with one attached hydrogen (secondary N) is 1. The highest BCUT2D eigenvalue weighted by Crippen LogP contribution is 2.24. The number of ether oxygens (including phenoxy) is 1. The van der Waals surface area contributed by atoms with Crippen LogP contribution in [0.4, 0.5) is 16.0 Å². The van der Waals surface area contributed by atoms with Gasteiger partial charge >= 0.3 is 17.3 Å². The van der Waals surface area contributed by atoms with Crippen LogP contribution in [0.1, 0.15) is 35.9 Å². The lowest BCUT2D eigenvalue weighted by atomic mass is 10.2. The van der Waals surface area contributed by atoms with Crippen LogP contribution in [0.25, 0.3) is 0 Å². The van der Waals surface area contributed by atoms with Crippen LogP contribution in [0.2, 0.25) is 0 Å². The van der Waals surface area contributed by atoms with Crippen LogP contribution < -0.4 is 21.4 Å². The monoisotopic (exact) mass is 491 g/mol. The number of halogens is 1. The van der Waals surface area contributed by atoms with Crippen molar-refractivity contribution in [3.05, 3.63) is 105 Å². The Kier molecular flexibility index (Phi) is 6.91. The lowest BCUT2D eigenvalue weighted by Crippen LogP contribution is -2.43. The van der Waals surface area contributed by atoms with Crippen molar-refractivity contribution < 1.29 is 19.0 Å². The number of hydrogen-bond donors (Lipinski definition) is 2. The van der Waals surface area contributed by atoms with Crippen LogP contribution in [-0.2, 0) is 6.54 Å². The van der Waals surface area contributed by atoms with Gasteiger partial charge in [-0.3, -0.25) is 4.57 Å². The molecule has 0 spiro atoms. The lowest BCUT2D eigenvalue weighted by molar-refractivity contribution is 0.0690. The van der Waals surface area contributed by atoms with E-state index in [0.717, 1.165) is 4.57 Å². The molecule has 2 aromatic carbocycles. The molecule has 0 fully saturated rings. The molecule has 4 rings (SSSR count). The van der Waals surface area contributed by atoms with Gasteiger partial charge in [0.1, 0.15) is 17.3 Å². The van der Waals surface area contributed by atoms with E-state index in [2.05, 4.69) is 15.3 Å². The maximum Gasteiger partial charge on any atom is 0.355 e. The molecule has 0 saturated heterocycles. The van der Waals surface area contributed by atoms with Gasteiger partial charge in [0.05, 0.1) is 6.54 Å². The first-order valence-corrected chi connectivity index (χ1v) is 10.9. The third-order valence-electron chi connectivity index (χ3n) is 5.17. The highest BCUT2D eigenvalue weighted by Gasteiger charge is 2.16. The van der Waals surface area contributed by atoms with Crippen LogP contribution >= 0.6 is 0 Å². The minimum Gasteiger partial charge on any atom is -0.477 e. The Morgan fingerprint density at radius 3 is 2.39 bits per heavy atom. The number of pyridine rings is 1. The van der Waals surface area contributed by atoms with Crippen LogP contribution in [-0.4, -0.2) is 30.2 Å². The predicted molar refractivity (Wildman–Crippen MR) is 130 cm³/mol. The summed E-state index contributed by atoms with van der Waals surface area (Å²) >= 11 is 0. The number of aromatic carboxylic acids is 1. The van der Waals surface area contributed by atoms with E-state index < -0.39 is 29.2 Å². The lowest BCUT2D eigenvalue weighted by Gasteiger charge is -2.17. The van der Waals surface area contributed by atoms with Gasteiger partial charge in [-0.1, -0.05) is 12.1 Å². The van der Waals surface area contributed by atoms with E-state index in [1.165, 1.54) is 35.0 Å². The Labute approximate surface area is 204 Å². The van der Waals surface area contributed by atoms with Crippen molar-refractivity contribution in [3.63, 3.8) is 0 Å². The summed E-state index contributed by atoms with van der Waals surface area (Å²) in [5.74, 6) is -0.813. The molecule has 36 heavy (non-hydrogen) atoms. The van der Waals surface area contributed by atoms with Crippen molar-refractivity contribution in [2.24, 2.45) is 0 Å². The maximum absolute atomic E-state index is 13.3. The molecule has 0 radical (unpaired) electrons. The van der Waals surface area contributed by atoms with E-state index in [1.54, 1.807) is 50.2 Å². The van der Waals surface area contributed by atoms with Gasteiger partial charge in [-0.2, -0.15) is 4.98 Å². The zero-order valence-electron chi connectivity index (χ0n) is 19.4. The first-order valence-electron chi connectivity index (χ1n) is 10.9. The molecule has 2 N–H and O–H groups in total. The smallest absolute Gasteiger partial charge is 0.355 e. The van der Waals surface area contributed by atoms with Crippen molar-refractivity contribution in [2.75, 3.05) is 5.32 Å². The minimum atomic E-state index is -1.17. The highest BCUT2D eigenvalue weighted by molar-refractivity contribution is 5.85. The van der Waals surface area contributed by atoms with Crippen LogP contribution in [0.15, 0.2) is 76.4 Å². The molecule has 0 bridgehead atoms. The Morgan fingerprint density at radius 2 is 1.75 bits per heavy atom. The molecule has 0 unspecified atom stereocenters. The summed E-state index contributed by atoms with van der Waals surface area (Å²) in [6, 6.07) is 14.7. The van der Waals surface area contributed by atoms with Gasteiger partial charge in [0.2, 0.25) is 5.95 Å². The molecular weight excluding hydrogens is 469 g/mol. The number of nitrogens with zero attached hydrogens (tertiary/aromatic N) is 4. The SMILES string of the molecule is CC(C)n1c(=O)nc(Nc2ccc(Oc3ccnc(C(=O)O)c3)cc2)n(Cc2ccc(F)cc2)c1=O. The van der Waals surface area contributed by atoms with E-state index in [4.69, 9.17) is 9.84 Å². The number of hydrogen-bond acceptors (Lipinski definition) is 7. The molecule has 4 aromatic rings. The quantitative estimate of drug-likeness (QED) is 0.381. The average Bonchev–Trinajstić information content (AvgIpc) is 2.84. The molecule has 2 heterocycles. The van der Waals surface area contributed by atoms with E-state index in [9.17, 15) is 18.8 Å².